The minimum Gasteiger partial charge on any atom is -0.457 e. The maximum Gasteiger partial charge on any atom is 0.251 e. The summed E-state index contributed by atoms with van der Waals surface area (Å²) in [5.41, 5.74) is 6.93. The Labute approximate surface area is 253 Å². The van der Waals surface area contributed by atoms with E-state index < -0.39 is 11.9 Å². The standard InChI is InChI=1S/C31H34N6O5S/c1-18(38)34-14-20-10-19(8-9-25(20)42-22-6-4-3-5-7-22)29(40)36-16-27(39)37-24(12-31(2)13-26(31)37)30(41)35-15-23-11-21(17-43-23)28(32)33/h3-11,17,24,26H,12-16H2,1-2H3,(H3,32,33)(H,34,38)(H,35,41)(H,36,40)/t24-,26-,31+/m0/s1. The number of nitrogens with one attached hydrogen (secondary N) is 4. The molecule has 0 spiro atoms. The van der Waals surface area contributed by atoms with Gasteiger partial charge in [0.25, 0.3) is 5.91 Å². The monoisotopic (exact) mass is 602 g/mol. The number of ether oxygens (including phenoxy) is 1. The van der Waals surface area contributed by atoms with Gasteiger partial charge in [-0.15, -0.1) is 11.3 Å². The third-order valence-corrected chi connectivity index (χ3v) is 8.79. The van der Waals surface area contributed by atoms with E-state index in [1.54, 1.807) is 46.7 Å². The predicted molar refractivity (Wildman–Crippen MR) is 162 cm³/mol. The summed E-state index contributed by atoms with van der Waals surface area (Å²) in [5.74, 6) is -0.176. The number of nitrogen functional groups attached to an aromatic ring is 1. The van der Waals surface area contributed by atoms with Crippen LogP contribution >= 0.6 is 11.3 Å². The average Bonchev–Trinajstić information content (AvgIpc) is 3.30. The molecule has 0 radical (unpaired) electrons. The van der Waals surface area contributed by atoms with Crippen molar-refractivity contribution < 1.29 is 23.9 Å². The Balaban J connectivity index is 1.22. The van der Waals surface area contributed by atoms with Crippen molar-refractivity contribution in [1.82, 2.24) is 20.9 Å². The first-order valence-electron chi connectivity index (χ1n) is 13.9. The fourth-order valence-electron chi connectivity index (χ4n) is 5.41. The fraction of sp³-hybridized carbons (Fsp3) is 0.323. The SMILES string of the molecule is CC(=O)NCc1cc(C(=O)NCC(=O)N2[C@H]3C[C@@]3(C)C[C@H]2C(=O)NCc2cc(C(=N)N)cs2)ccc1Oc1ccccc1. The molecule has 12 heteroatoms. The highest BCUT2D eigenvalue weighted by Crippen LogP contribution is 2.59. The normalized spacial score (nSPS) is 20.1. The lowest BCUT2D eigenvalue weighted by molar-refractivity contribution is -0.139. The number of likely N-dealkylation sites (tertiary alicyclic amines) is 1. The van der Waals surface area contributed by atoms with Crippen molar-refractivity contribution in [1.29, 1.82) is 5.41 Å². The predicted octanol–water partition coefficient (Wildman–Crippen LogP) is 2.89. The van der Waals surface area contributed by atoms with Gasteiger partial charge in [-0.1, -0.05) is 25.1 Å². The second kappa shape index (κ2) is 12.3. The van der Waals surface area contributed by atoms with E-state index in [4.69, 9.17) is 15.9 Å². The zero-order valence-electron chi connectivity index (χ0n) is 23.9. The van der Waals surface area contributed by atoms with Gasteiger partial charge in [-0.25, -0.2) is 0 Å². The summed E-state index contributed by atoms with van der Waals surface area (Å²) < 4.78 is 5.97. The smallest absolute Gasteiger partial charge is 0.251 e. The molecule has 2 heterocycles. The number of hydrogen-bond donors (Lipinski definition) is 5. The number of hydrogen-bond acceptors (Lipinski definition) is 7. The van der Waals surface area contributed by atoms with Crippen molar-refractivity contribution in [2.24, 2.45) is 11.1 Å². The maximum atomic E-state index is 13.4. The van der Waals surface area contributed by atoms with Crippen LogP contribution in [-0.4, -0.2) is 53.0 Å². The van der Waals surface area contributed by atoms with Gasteiger partial charge in [0.15, 0.2) is 0 Å². The third-order valence-electron chi connectivity index (χ3n) is 7.85. The number of benzene rings is 2. The molecule has 3 atom stereocenters. The van der Waals surface area contributed by atoms with Crippen LogP contribution in [0.15, 0.2) is 60.0 Å². The molecule has 224 valence electrons. The van der Waals surface area contributed by atoms with Crippen LogP contribution in [0.2, 0.25) is 0 Å². The average molecular weight is 603 g/mol. The first-order chi connectivity index (χ1) is 20.5. The zero-order valence-corrected chi connectivity index (χ0v) is 24.8. The Morgan fingerprint density at radius 1 is 1.02 bits per heavy atom. The van der Waals surface area contributed by atoms with Crippen LogP contribution in [0.25, 0.3) is 0 Å². The van der Waals surface area contributed by atoms with E-state index in [2.05, 4.69) is 22.9 Å². The molecule has 2 aromatic carbocycles. The Morgan fingerprint density at radius 3 is 2.49 bits per heavy atom. The number of fused-ring (bicyclic) bond motifs is 1. The van der Waals surface area contributed by atoms with Crippen LogP contribution < -0.4 is 26.4 Å². The molecule has 2 fully saturated rings. The highest BCUT2D eigenvalue weighted by molar-refractivity contribution is 7.10. The summed E-state index contributed by atoms with van der Waals surface area (Å²) in [6, 6.07) is 15.1. The molecular weight excluding hydrogens is 568 g/mol. The lowest BCUT2D eigenvalue weighted by atomic mass is 10.0. The number of amides is 4. The molecule has 6 N–H and O–H groups in total. The van der Waals surface area contributed by atoms with Gasteiger partial charge in [0.2, 0.25) is 17.7 Å². The third kappa shape index (κ3) is 6.86. The molecule has 1 aliphatic carbocycles. The molecule has 0 unspecified atom stereocenters. The highest BCUT2D eigenvalue weighted by Gasteiger charge is 2.64. The Bertz CT molecular complexity index is 1570. The maximum absolute atomic E-state index is 13.4. The van der Waals surface area contributed by atoms with Gasteiger partial charge in [-0.2, -0.15) is 0 Å². The van der Waals surface area contributed by atoms with E-state index >= 15 is 0 Å². The molecular formula is C31H34N6O5S. The van der Waals surface area contributed by atoms with Crippen LogP contribution in [-0.2, 0) is 27.5 Å². The van der Waals surface area contributed by atoms with Crippen molar-refractivity contribution >= 4 is 40.8 Å². The van der Waals surface area contributed by atoms with E-state index in [-0.39, 0.29) is 54.6 Å². The second-order valence-corrected chi connectivity index (χ2v) is 12.2. The molecule has 5 rings (SSSR count). The van der Waals surface area contributed by atoms with Gasteiger partial charge in [-0.05, 0) is 54.7 Å². The van der Waals surface area contributed by atoms with E-state index in [9.17, 15) is 19.2 Å². The van der Waals surface area contributed by atoms with E-state index in [1.807, 2.05) is 18.2 Å². The van der Waals surface area contributed by atoms with Crippen LogP contribution in [0.3, 0.4) is 0 Å². The molecule has 0 bridgehead atoms. The van der Waals surface area contributed by atoms with Crippen LogP contribution in [0, 0.1) is 10.8 Å². The van der Waals surface area contributed by atoms with E-state index in [0.717, 1.165) is 11.3 Å². The number of amidine groups is 1. The first-order valence-corrected chi connectivity index (χ1v) is 14.8. The lowest BCUT2D eigenvalue weighted by Crippen LogP contribution is -2.50. The van der Waals surface area contributed by atoms with E-state index in [1.165, 1.54) is 18.3 Å². The lowest BCUT2D eigenvalue weighted by Gasteiger charge is -2.27. The van der Waals surface area contributed by atoms with Gasteiger partial charge < -0.3 is 31.3 Å². The molecule has 1 aromatic heterocycles. The number of nitrogens with two attached hydrogens (primary N) is 1. The zero-order chi connectivity index (χ0) is 30.7. The summed E-state index contributed by atoms with van der Waals surface area (Å²) in [6.07, 6.45) is 1.38. The summed E-state index contributed by atoms with van der Waals surface area (Å²) in [5, 5.41) is 17.7. The fourth-order valence-corrected chi connectivity index (χ4v) is 6.23. The minimum atomic E-state index is -0.626. The van der Waals surface area contributed by atoms with Crippen LogP contribution in [0.4, 0.5) is 0 Å². The number of nitrogens with zero attached hydrogens (tertiary/aromatic N) is 1. The van der Waals surface area contributed by atoms with Crippen LogP contribution in [0.5, 0.6) is 11.5 Å². The van der Waals surface area contributed by atoms with Crippen molar-refractivity contribution in [2.75, 3.05) is 6.54 Å². The van der Waals surface area contributed by atoms with Gasteiger partial charge in [0, 0.05) is 46.5 Å². The second-order valence-electron chi connectivity index (χ2n) is 11.2. The summed E-state index contributed by atoms with van der Waals surface area (Å²) in [7, 11) is 0. The number of piperidine rings is 1. The first kappa shape index (κ1) is 29.8. The molecule has 4 amide bonds. The quantitative estimate of drug-likeness (QED) is 0.167. The number of para-hydroxylation sites is 1. The Morgan fingerprint density at radius 2 is 1.79 bits per heavy atom. The van der Waals surface area contributed by atoms with E-state index in [0.29, 0.717) is 34.6 Å². The highest BCUT2D eigenvalue weighted by atomic mass is 32.1. The molecule has 11 nitrogen and oxygen atoms in total. The molecule has 1 saturated heterocycles. The molecule has 1 saturated carbocycles. The molecule has 43 heavy (non-hydrogen) atoms. The summed E-state index contributed by atoms with van der Waals surface area (Å²) >= 11 is 1.40. The minimum absolute atomic E-state index is 0.0307. The summed E-state index contributed by atoms with van der Waals surface area (Å²) in [4.78, 5) is 53.6. The van der Waals surface area contributed by atoms with Crippen molar-refractivity contribution in [2.45, 2.75) is 51.9 Å². The Hall–Kier alpha value is -4.71. The van der Waals surface area contributed by atoms with Crippen molar-refractivity contribution in [3.63, 3.8) is 0 Å². The number of thiophene rings is 1. The van der Waals surface area contributed by atoms with Crippen molar-refractivity contribution in [3.8, 4) is 11.5 Å². The van der Waals surface area contributed by atoms with Gasteiger partial charge >= 0.3 is 0 Å². The van der Waals surface area contributed by atoms with Gasteiger partial charge in [0.1, 0.15) is 23.4 Å². The topological polar surface area (TPSA) is 167 Å². The van der Waals surface area contributed by atoms with Gasteiger partial charge in [0.05, 0.1) is 13.1 Å². The summed E-state index contributed by atoms with van der Waals surface area (Å²) in [6.45, 7) is 3.65. The number of rotatable bonds is 11. The van der Waals surface area contributed by atoms with Crippen LogP contribution in [0.1, 0.15) is 53.1 Å². The van der Waals surface area contributed by atoms with Crippen molar-refractivity contribution in [3.05, 3.63) is 81.5 Å². The Kier molecular flexibility index (Phi) is 8.49. The molecule has 1 aliphatic heterocycles. The number of carbonyl (C=O) groups excluding carboxylic acids is 4. The molecule has 3 aromatic rings. The largest absolute Gasteiger partial charge is 0.457 e. The van der Waals surface area contributed by atoms with Gasteiger partial charge in [-0.3, -0.25) is 24.6 Å². The molecule has 2 aliphatic rings. The number of carbonyl (C=O) groups is 4.